The molecule has 0 spiro atoms. The number of rotatable bonds is 6. The molecule has 0 bridgehead atoms. The summed E-state index contributed by atoms with van der Waals surface area (Å²) in [7, 11) is 0. The van der Waals surface area contributed by atoms with Crippen LogP contribution in [-0.4, -0.2) is 34.3 Å². The van der Waals surface area contributed by atoms with Crippen LogP contribution in [0.1, 0.15) is 12.8 Å². The molecule has 1 fully saturated rings. The number of carbonyl (C=O) groups is 1. The normalized spacial score (nSPS) is 15.0. The second-order valence-corrected chi connectivity index (χ2v) is 6.05. The summed E-state index contributed by atoms with van der Waals surface area (Å²) in [6, 6.07) is 5.54. The molecular formula is C16H16ClN3O3. The predicted octanol–water partition coefficient (Wildman–Crippen LogP) is 3.22. The Morgan fingerprint density at radius 3 is 2.78 bits per heavy atom. The minimum atomic E-state index is -1.01. The first-order chi connectivity index (χ1) is 11.1. The molecule has 0 aliphatic heterocycles. The second kappa shape index (κ2) is 6.42. The van der Waals surface area contributed by atoms with Crippen molar-refractivity contribution in [3.63, 3.8) is 0 Å². The molecule has 3 rings (SSSR count). The van der Waals surface area contributed by atoms with Gasteiger partial charge in [-0.1, -0.05) is 11.6 Å². The zero-order valence-corrected chi connectivity index (χ0v) is 13.1. The Bertz CT molecular complexity index is 705. The molecule has 2 aromatic heterocycles. The number of hydrogen-bond acceptors (Lipinski definition) is 4. The highest BCUT2D eigenvalue weighted by Gasteiger charge is 2.43. The van der Waals surface area contributed by atoms with Crippen molar-refractivity contribution in [3.8, 4) is 16.9 Å². The topological polar surface area (TPSA) is 84.3 Å². The minimum absolute atomic E-state index is 0.102. The number of carboxylic acid groups (broad SMARTS) is 1. The fourth-order valence-corrected chi connectivity index (χ4v) is 2.50. The second-order valence-electron chi connectivity index (χ2n) is 5.69. The van der Waals surface area contributed by atoms with Crippen molar-refractivity contribution < 1.29 is 14.6 Å². The first kappa shape index (κ1) is 15.6. The van der Waals surface area contributed by atoms with Crippen molar-refractivity contribution in [2.75, 3.05) is 13.2 Å². The fraction of sp³-hybridized carbons (Fsp3) is 0.312. The van der Waals surface area contributed by atoms with Crippen molar-refractivity contribution in [2.45, 2.75) is 12.8 Å². The lowest BCUT2D eigenvalue weighted by molar-refractivity contribution is 0.184. The fourth-order valence-electron chi connectivity index (χ4n) is 2.29. The lowest BCUT2D eigenvalue weighted by Gasteiger charge is -2.16. The van der Waals surface area contributed by atoms with Gasteiger partial charge in [0, 0.05) is 29.9 Å². The summed E-state index contributed by atoms with van der Waals surface area (Å²) < 4.78 is 5.81. The summed E-state index contributed by atoms with van der Waals surface area (Å²) in [5.74, 6) is 0.614. The number of nitrogens with zero attached hydrogens (tertiary/aromatic N) is 2. The molecular weight excluding hydrogens is 318 g/mol. The van der Waals surface area contributed by atoms with Gasteiger partial charge in [0.05, 0.1) is 12.8 Å². The van der Waals surface area contributed by atoms with E-state index in [2.05, 4.69) is 15.3 Å². The summed E-state index contributed by atoms with van der Waals surface area (Å²) >= 11 is 6.16. The van der Waals surface area contributed by atoms with Gasteiger partial charge in [0.25, 0.3) is 0 Å². The van der Waals surface area contributed by atoms with Crippen LogP contribution in [0.3, 0.4) is 0 Å². The number of halogens is 1. The van der Waals surface area contributed by atoms with Gasteiger partial charge in [0.15, 0.2) is 0 Å². The molecule has 1 aliphatic rings. The highest BCUT2D eigenvalue weighted by Crippen LogP contribution is 2.45. The van der Waals surface area contributed by atoms with Gasteiger partial charge in [0.1, 0.15) is 10.9 Å². The van der Waals surface area contributed by atoms with Crippen molar-refractivity contribution in [3.05, 3.63) is 41.9 Å². The minimum Gasteiger partial charge on any atom is -0.491 e. The highest BCUT2D eigenvalue weighted by molar-refractivity contribution is 6.32. The van der Waals surface area contributed by atoms with E-state index in [-0.39, 0.29) is 5.41 Å². The van der Waals surface area contributed by atoms with Crippen LogP contribution < -0.4 is 10.1 Å². The lowest BCUT2D eigenvalue weighted by Crippen LogP contribution is -2.31. The number of pyridine rings is 2. The van der Waals surface area contributed by atoms with Crippen LogP contribution in [0.4, 0.5) is 4.79 Å². The quantitative estimate of drug-likeness (QED) is 0.793. The van der Waals surface area contributed by atoms with Gasteiger partial charge in [0.2, 0.25) is 0 Å². The Labute approximate surface area is 138 Å². The molecule has 2 N–H and O–H groups in total. The number of hydrogen-bond donors (Lipinski definition) is 2. The summed E-state index contributed by atoms with van der Waals surface area (Å²) in [4.78, 5) is 18.8. The summed E-state index contributed by atoms with van der Waals surface area (Å²) in [5.41, 5.74) is 1.59. The number of amides is 1. The molecule has 2 aromatic rings. The van der Waals surface area contributed by atoms with E-state index in [1.807, 2.05) is 18.2 Å². The molecule has 7 heteroatoms. The van der Waals surface area contributed by atoms with E-state index in [0.717, 1.165) is 24.0 Å². The van der Waals surface area contributed by atoms with Crippen molar-refractivity contribution in [1.29, 1.82) is 0 Å². The molecule has 120 valence electrons. The summed E-state index contributed by atoms with van der Waals surface area (Å²) in [6.45, 7) is 0.854. The molecule has 6 nitrogen and oxygen atoms in total. The Hall–Kier alpha value is -2.34. The van der Waals surface area contributed by atoms with Gasteiger partial charge >= 0.3 is 6.09 Å². The van der Waals surface area contributed by atoms with Crippen molar-refractivity contribution >= 4 is 17.7 Å². The third-order valence-electron chi connectivity index (χ3n) is 3.92. The highest BCUT2D eigenvalue weighted by atomic mass is 35.5. The Kier molecular flexibility index (Phi) is 4.34. The van der Waals surface area contributed by atoms with Crippen LogP contribution in [-0.2, 0) is 0 Å². The van der Waals surface area contributed by atoms with Crippen LogP contribution in [0.5, 0.6) is 5.75 Å². The molecule has 2 heterocycles. The standard InChI is InChI=1S/C16H16ClN3O3/c17-14-13(11-1-5-18-6-2-11)7-12(8-19-14)23-10-16(3-4-16)9-20-15(21)22/h1-2,5-8,20H,3-4,9-10H2,(H,21,22). The Balaban J connectivity index is 1.69. The van der Waals surface area contributed by atoms with Crippen LogP contribution >= 0.6 is 11.6 Å². The maximum absolute atomic E-state index is 10.6. The monoisotopic (exact) mass is 333 g/mol. The molecule has 0 radical (unpaired) electrons. The average Bonchev–Trinajstić information content (AvgIpc) is 3.34. The largest absolute Gasteiger partial charge is 0.491 e. The number of aromatic nitrogens is 2. The molecule has 0 atom stereocenters. The van der Waals surface area contributed by atoms with Gasteiger partial charge in [-0.15, -0.1) is 0 Å². The van der Waals surface area contributed by atoms with Gasteiger partial charge in [-0.3, -0.25) is 4.98 Å². The number of ether oxygens (including phenoxy) is 1. The average molecular weight is 334 g/mol. The third-order valence-corrected chi connectivity index (χ3v) is 4.22. The van der Waals surface area contributed by atoms with E-state index in [4.69, 9.17) is 21.4 Å². The zero-order valence-electron chi connectivity index (χ0n) is 12.3. The molecule has 1 amide bonds. The van der Waals surface area contributed by atoms with Crippen LogP contribution in [0.25, 0.3) is 11.1 Å². The zero-order chi connectivity index (χ0) is 16.3. The van der Waals surface area contributed by atoms with E-state index in [0.29, 0.717) is 24.1 Å². The van der Waals surface area contributed by atoms with E-state index in [1.54, 1.807) is 18.6 Å². The van der Waals surface area contributed by atoms with Crippen molar-refractivity contribution in [1.82, 2.24) is 15.3 Å². The number of nitrogens with one attached hydrogen (secondary N) is 1. The van der Waals surface area contributed by atoms with Gasteiger partial charge in [-0.25, -0.2) is 9.78 Å². The summed E-state index contributed by atoms with van der Waals surface area (Å²) in [6.07, 6.45) is 5.85. The van der Waals surface area contributed by atoms with E-state index in [9.17, 15) is 4.79 Å². The van der Waals surface area contributed by atoms with Crippen LogP contribution in [0.15, 0.2) is 36.8 Å². The Morgan fingerprint density at radius 1 is 1.39 bits per heavy atom. The van der Waals surface area contributed by atoms with Crippen LogP contribution in [0, 0.1) is 5.41 Å². The van der Waals surface area contributed by atoms with Crippen molar-refractivity contribution in [2.24, 2.45) is 5.41 Å². The molecule has 0 saturated heterocycles. The van der Waals surface area contributed by atoms with Crippen LogP contribution in [0.2, 0.25) is 5.15 Å². The smallest absolute Gasteiger partial charge is 0.404 e. The van der Waals surface area contributed by atoms with Gasteiger partial charge in [-0.05, 0) is 36.6 Å². The predicted molar refractivity (Wildman–Crippen MR) is 85.7 cm³/mol. The Morgan fingerprint density at radius 2 is 2.13 bits per heavy atom. The van der Waals surface area contributed by atoms with Gasteiger partial charge in [-0.2, -0.15) is 0 Å². The lowest BCUT2D eigenvalue weighted by atomic mass is 10.1. The SMILES string of the molecule is O=C(O)NCC1(COc2cnc(Cl)c(-c3ccncc3)c2)CC1. The molecule has 0 aromatic carbocycles. The summed E-state index contributed by atoms with van der Waals surface area (Å²) in [5, 5.41) is 11.5. The van der Waals surface area contributed by atoms with E-state index in [1.165, 1.54) is 0 Å². The molecule has 1 saturated carbocycles. The third kappa shape index (κ3) is 3.90. The van der Waals surface area contributed by atoms with E-state index >= 15 is 0 Å². The maximum atomic E-state index is 10.6. The van der Waals surface area contributed by atoms with E-state index < -0.39 is 6.09 Å². The molecule has 23 heavy (non-hydrogen) atoms. The maximum Gasteiger partial charge on any atom is 0.404 e. The molecule has 1 aliphatic carbocycles. The first-order valence-electron chi connectivity index (χ1n) is 7.24. The first-order valence-corrected chi connectivity index (χ1v) is 7.61. The van der Waals surface area contributed by atoms with Gasteiger partial charge < -0.3 is 15.2 Å². The molecule has 0 unspecified atom stereocenters.